The molecule has 19 heavy (non-hydrogen) atoms. The van der Waals surface area contributed by atoms with Gasteiger partial charge in [0.05, 0.1) is 13.1 Å². The maximum Gasteiger partial charge on any atom is 0.192 e. The summed E-state index contributed by atoms with van der Waals surface area (Å²) in [6, 6.07) is 1.90. The van der Waals surface area contributed by atoms with Gasteiger partial charge in [0.25, 0.3) is 0 Å². The fourth-order valence-corrected chi connectivity index (χ4v) is 2.15. The van der Waals surface area contributed by atoms with Gasteiger partial charge in [-0.15, -0.1) is 30.4 Å². The van der Waals surface area contributed by atoms with Crippen LogP contribution in [0, 0.1) is 12.3 Å². The predicted molar refractivity (Wildman–Crippen MR) is 92.1 cm³/mol. The van der Waals surface area contributed by atoms with Crippen molar-refractivity contribution < 1.29 is 5.11 Å². The summed E-state index contributed by atoms with van der Waals surface area (Å²) in [5.74, 6) is 3.11. The highest BCUT2D eigenvalue weighted by Gasteiger charge is 2.23. The minimum absolute atomic E-state index is 0. The van der Waals surface area contributed by atoms with Crippen LogP contribution in [0.25, 0.3) is 0 Å². The van der Waals surface area contributed by atoms with Crippen molar-refractivity contribution in [2.45, 2.75) is 19.4 Å². The number of aliphatic hydroxyl groups is 1. The van der Waals surface area contributed by atoms with E-state index in [1.807, 2.05) is 23.8 Å². The van der Waals surface area contributed by atoms with E-state index < -0.39 is 5.60 Å². The zero-order valence-corrected chi connectivity index (χ0v) is 14.3. The summed E-state index contributed by atoms with van der Waals surface area (Å²) >= 11 is 1.56. The van der Waals surface area contributed by atoms with E-state index in [2.05, 4.69) is 21.5 Å². The maximum absolute atomic E-state index is 10.3. The minimum atomic E-state index is -0.960. The highest BCUT2D eigenvalue weighted by Crippen LogP contribution is 2.23. The second-order valence-electron chi connectivity index (χ2n) is 4.04. The summed E-state index contributed by atoms with van der Waals surface area (Å²) in [5, 5.41) is 20.2. The molecule has 0 spiro atoms. The van der Waals surface area contributed by atoms with Gasteiger partial charge in [-0.05, 0) is 36.2 Å². The van der Waals surface area contributed by atoms with Gasteiger partial charge in [0.2, 0.25) is 0 Å². The van der Waals surface area contributed by atoms with Crippen molar-refractivity contribution in [3.8, 4) is 12.3 Å². The van der Waals surface area contributed by atoms with Crippen molar-refractivity contribution in [2.24, 2.45) is 4.99 Å². The van der Waals surface area contributed by atoms with Crippen LogP contribution in [0.2, 0.25) is 0 Å². The van der Waals surface area contributed by atoms with Crippen molar-refractivity contribution in [1.29, 1.82) is 0 Å². The molecular weight excluding hydrogens is 373 g/mol. The van der Waals surface area contributed by atoms with E-state index in [-0.39, 0.29) is 30.5 Å². The van der Waals surface area contributed by atoms with Gasteiger partial charge in [-0.1, -0.05) is 5.92 Å². The molecule has 0 saturated carbocycles. The SMILES string of the molecule is C#CCNC(=NCC(C)(O)c1ccsc1)NCC.I. The number of aliphatic imine (C=N–C) groups is 1. The lowest BCUT2D eigenvalue weighted by Gasteiger charge is -2.20. The third kappa shape index (κ3) is 6.27. The monoisotopic (exact) mass is 393 g/mol. The molecule has 0 bridgehead atoms. The lowest BCUT2D eigenvalue weighted by molar-refractivity contribution is 0.0677. The summed E-state index contributed by atoms with van der Waals surface area (Å²) in [6.07, 6.45) is 5.19. The molecule has 1 rings (SSSR count). The third-order valence-electron chi connectivity index (χ3n) is 2.39. The summed E-state index contributed by atoms with van der Waals surface area (Å²) < 4.78 is 0. The van der Waals surface area contributed by atoms with Crippen LogP contribution in [0.5, 0.6) is 0 Å². The number of nitrogens with one attached hydrogen (secondary N) is 2. The first-order chi connectivity index (χ1) is 8.60. The van der Waals surface area contributed by atoms with Crippen LogP contribution >= 0.6 is 35.3 Å². The van der Waals surface area contributed by atoms with E-state index in [1.165, 1.54) is 0 Å². The van der Waals surface area contributed by atoms with Crippen LogP contribution in [0.3, 0.4) is 0 Å². The average molecular weight is 393 g/mol. The Morgan fingerprint density at radius 2 is 2.32 bits per heavy atom. The topological polar surface area (TPSA) is 56.7 Å². The van der Waals surface area contributed by atoms with Crippen molar-refractivity contribution in [3.63, 3.8) is 0 Å². The number of guanidine groups is 1. The average Bonchev–Trinajstić information content (AvgIpc) is 2.87. The van der Waals surface area contributed by atoms with Gasteiger partial charge in [0.15, 0.2) is 5.96 Å². The molecule has 6 heteroatoms. The smallest absolute Gasteiger partial charge is 0.192 e. The number of thiophene rings is 1. The Bertz CT molecular complexity index is 424. The van der Waals surface area contributed by atoms with Crippen LogP contribution in [-0.2, 0) is 5.60 Å². The molecule has 3 N–H and O–H groups in total. The van der Waals surface area contributed by atoms with Crippen LogP contribution in [0.1, 0.15) is 19.4 Å². The Labute approximate surface area is 135 Å². The van der Waals surface area contributed by atoms with Gasteiger partial charge in [0.1, 0.15) is 5.60 Å². The molecule has 0 saturated heterocycles. The van der Waals surface area contributed by atoms with Crippen molar-refractivity contribution >= 4 is 41.3 Å². The lowest BCUT2D eigenvalue weighted by atomic mass is 10.00. The van der Waals surface area contributed by atoms with Crippen molar-refractivity contribution in [1.82, 2.24) is 10.6 Å². The number of terminal acetylenes is 1. The van der Waals surface area contributed by atoms with E-state index in [0.717, 1.165) is 12.1 Å². The first kappa shape index (κ1) is 18.2. The molecule has 0 aromatic carbocycles. The fraction of sp³-hybridized carbons (Fsp3) is 0.462. The number of halogens is 1. The van der Waals surface area contributed by atoms with Crippen LogP contribution in [0.15, 0.2) is 21.8 Å². The minimum Gasteiger partial charge on any atom is -0.383 e. The largest absolute Gasteiger partial charge is 0.383 e. The predicted octanol–water partition coefficient (Wildman–Crippen LogP) is 1.76. The van der Waals surface area contributed by atoms with Gasteiger partial charge < -0.3 is 15.7 Å². The molecule has 0 amide bonds. The Morgan fingerprint density at radius 3 is 2.84 bits per heavy atom. The summed E-state index contributed by atoms with van der Waals surface area (Å²) in [5.41, 5.74) is -0.0811. The zero-order valence-electron chi connectivity index (χ0n) is 11.1. The standard InChI is InChI=1S/C13H19N3OS.HI/c1-4-7-15-12(14-5-2)16-10-13(3,17)11-6-8-18-9-11;/h1,6,8-9,17H,5,7,10H2,2-3H3,(H2,14,15,16);1H. The van der Waals surface area contributed by atoms with Gasteiger partial charge in [0, 0.05) is 6.54 Å². The molecule has 1 aromatic heterocycles. The van der Waals surface area contributed by atoms with E-state index >= 15 is 0 Å². The number of hydrogen-bond donors (Lipinski definition) is 3. The van der Waals surface area contributed by atoms with E-state index in [9.17, 15) is 5.11 Å². The second kappa shape index (κ2) is 9.18. The molecule has 0 aliphatic rings. The molecule has 1 heterocycles. The third-order valence-corrected chi connectivity index (χ3v) is 3.07. The molecule has 1 unspecified atom stereocenters. The van der Waals surface area contributed by atoms with Crippen LogP contribution < -0.4 is 10.6 Å². The molecule has 106 valence electrons. The molecule has 1 atom stereocenters. The van der Waals surface area contributed by atoms with Gasteiger partial charge in [-0.3, -0.25) is 0 Å². The molecule has 0 aliphatic heterocycles. The van der Waals surface area contributed by atoms with Crippen LogP contribution in [-0.4, -0.2) is 30.7 Å². The van der Waals surface area contributed by atoms with Crippen molar-refractivity contribution in [3.05, 3.63) is 22.4 Å². The highest BCUT2D eigenvalue weighted by molar-refractivity contribution is 14.0. The molecule has 1 aromatic rings. The summed E-state index contributed by atoms with van der Waals surface area (Å²) in [4.78, 5) is 4.33. The molecule has 4 nitrogen and oxygen atoms in total. The fourth-order valence-electron chi connectivity index (χ4n) is 1.37. The molecule has 0 aliphatic carbocycles. The van der Waals surface area contributed by atoms with E-state index in [0.29, 0.717) is 12.5 Å². The van der Waals surface area contributed by atoms with Crippen molar-refractivity contribution in [2.75, 3.05) is 19.6 Å². The van der Waals surface area contributed by atoms with Gasteiger partial charge >= 0.3 is 0 Å². The van der Waals surface area contributed by atoms with E-state index in [1.54, 1.807) is 18.3 Å². The van der Waals surface area contributed by atoms with Gasteiger partial charge in [-0.25, -0.2) is 4.99 Å². The summed E-state index contributed by atoms with van der Waals surface area (Å²) in [7, 11) is 0. The Hall–Kier alpha value is -0.780. The van der Waals surface area contributed by atoms with Crippen LogP contribution in [0.4, 0.5) is 0 Å². The zero-order chi connectivity index (χ0) is 13.4. The first-order valence-corrected chi connectivity index (χ1v) is 6.75. The molecular formula is C13H20IN3OS. The molecule has 0 radical (unpaired) electrons. The first-order valence-electron chi connectivity index (χ1n) is 5.81. The molecule has 0 fully saturated rings. The number of rotatable bonds is 5. The Kier molecular flexibility index (Phi) is 8.80. The number of nitrogens with zero attached hydrogens (tertiary/aromatic N) is 1. The maximum atomic E-state index is 10.3. The Balaban J connectivity index is 0.00000324. The summed E-state index contributed by atoms with van der Waals surface area (Å²) in [6.45, 7) is 5.17. The number of hydrogen-bond acceptors (Lipinski definition) is 3. The quantitative estimate of drug-likeness (QED) is 0.309. The lowest BCUT2D eigenvalue weighted by Crippen LogP contribution is -2.39. The van der Waals surface area contributed by atoms with Gasteiger partial charge in [-0.2, -0.15) is 11.3 Å². The second-order valence-corrected chi connectivity index (χ2v) is 4.82. The Morgan fingerprint density at radius 1 is 1.58 bits per heavy atom. The highest BCUT2D eigenvalue weighted by atomic mass is 127. The normalized spacial score (nSPS) is 13.9. The van der Waals surface area contributed by atoms with E-state index in [4.69, 9.17) is 6.42 Å².